The Kier molecular flexibility index (Phi) is 4.83. The van der Waals surface area contributed by atoms with Crippen LogP contribution >= 0.6 is 24.8 Å². The van der Waals surface area contributed by atoms with E-state index in [9.17, 15) is 4.39 Å². The molecule has 0 aliphatic carbocycles. The van der Waals surface area contributed by atoms with Gasteiger partial charge in [0.15, 0.2) is 0 Å². The highest BCUT2D eigenvalue weighted by molar-refractivity contribution is 5.85. The lowest BCUT2D eigenvalue weighted by Gasteiger charge is -1.86. The molecule has 6 heteroatoms. The van der Waals surface area contributed by atoms with Gasteiger partial charge in [-0.2, -0.15) is 0 Å². The van der Waals surface area contributed by atoms with Crippen molar-refractivity contribution in [2.45, 2.75) is 6.54 Å². The maximum Gasteiger partial charge on any atom is 0.125 e. The van der Waals surface area contributed by atoms with Crippen molar-refractivity contribution in [3.63, 3.8) is 0 Å². The third-order valence-corrected chi connectivity index (χ3v) is 1.69. The van der Waals surface area contributed by atoms with Crippen molar-refractivity contribution in [2.75, 3.05) is 0 Å². The SMILES string of the molecule is Cl.Cl.NCc1nc2ccc(F)cc2[nH]1. The van der Waals surface area contributed by atoms with E-state index in [1.165, 1.54) is 12.1 Å². The zero-order valence-electron chi connectivity index (χ0n) is 7.16. The Balaban J connectivity index is 0.000000845. The van der Waals surface area contributed by atoms with Crippen molar-refractivity contribution in [1.82, 2.24) is 9.97 Å². The Morgan fingerprint density at radius 1 is 1.36 bits per heavy atom. The van der Waals surface area contributed by atoms with E-state index in [0.717, 1.165) is 5.52 Å². The molecule has 3 nitrogen and oxygen atoms in total. The van der Waals surface area contributed by atoms with Gasteiger partial charge in [0.1, 0.15) is 11.6 Å². The highest BCUT2D eigenvalue weighted by Crippen LogP contribution is 2.12. The van der Waals surface area contributed by atoms with Gasteiger partial charge in [0, 0.05) is 0 Å². The van der Waals surface area contributed by atoms with Crippen LogP contribution in [0.2, 0.25) is 0 Å². The van der Waals surface area contributed by atoms with Gasteiger partial charge >= 0.3 is 0 Å². The first-order chi connectivity index (χ1) is 5.79. The second-order valence-corrected chi connectivity index (χ2v) is 2.55. The highest BCUT2D eigenvalue weighted by Gasteiger charge is 2.00. The summed E-state index contributed by atoms with van der Waals surface area (Å²) < 4.78 is 12.7. The Hall–Kier alpha value is -0.840. The zero-order valence-corrected chi connectivity index (χ0v) is 8.79. The van der Waals surface area contributed by atoms with Crippen molar-refractivity contribution in [3.8, 4) is 0 Å². The molecule has 0 aliphatic rings. The molecule has 0 atom stereocenters. The summed E-state index contributed by atoms with van der Waals surface area (Å²) in [7, 11) is 0. The molecule has 3 N–H and O–H groups in total. The number of benzene rings is 1. The second kappa shape index (κ2) is 5.14. The van der Waals surface area contributed by atoms with Gasteiger partial charge < -0.3 is 10.7 Å². The Morgan fingerprint density at radius 2 is 2.07 bits per heavy atom. The molecule has 0 aliphatic heterocycles. The summed E-state index contributed by atoms with van der Waals surface area (Å²) in [6.07, 6.45) is 0. The fraction of sp³-hybridized carbons (Fsp3) is 0.125. The summed E-state index contributed by atoms with van der Waals surface area (Å²) in [6.45, 7) is 0.344. The number of hydrogen-bond acceptors (Lipinski definition) is 2. The summed E-state index contributed by atoms with van der Waals surface area (Å²) >= 11 is 0. The van der Waals surface area contributed by atoms with Crippen molar-refractivity contribution in [3.05, 3.63) is 29.8 Å². The van der Waals surface area contributed by atoms with Crippen LogP contribution in [0.4, 0.5) is 4.39 Å². The minimum absolute atomic E-state index is 0. The minimum Gasteiger partial charge on any atom is -0.341 e. The molecule has 0 amide bonds. The summed E-state index contributed by atoms with van der Waals surface area (Å²) in [5.41, 5.74) is 6.80. The topological polar surface area (TPSA) is 54.7 Å². The number of aromatic nitrogens is 2. The lowest BCUT2D eigenvalue weighted by atomic mass is 10.3. The summed E-state index contributed by atoms with van der Waals surface area (Å²) in [5.74, 6) is 0.408. The molecule has 78 valence electrons. The van der Waals surface area contributed by atoms with Crippen molar-refractivity contribution in [1.29, 1.82) is 0 Å². The summed E-state index contributed by atoms with van der Waals surface area (Å²) in [4.78, 5) is 7.04. The van der Waals surface area contributed by atoms with E-state index in [1.54, 1.807) is 6.07 Å². The van der Waals surface area contributed by atoms with Crippen molar-refractivity contribution < 1.29 is 4.39 Å². The smallest absolute Gasteiger partial charge is 0.125 e. The van der Waals surface area contributed by atoms with Crippen LogP contribution < -0.4 is 5.73 Å². The molecule has 0 saturated carbocycles. The monoisotopic (exact) mass is 237 g/mol. The molecule has 2 aromatic rings. The van der Waals surface area contributed by atoms with E-state index in [2.05, 4.69) is 9.97 Å². The van der Waals surface area contributed by atoms with Crippen LogP contribution in [-0.2, 0) is 6.54 Å². The van der Waals surface area contributed by atoms with Gasteiger partial charge in [0.25, 0.3) is 0 Å². The molecular formula is C8H10Cl2FN3. The molecule has 1 heterocycles. The zero-order chi connectivity index (χ0) is 8.55. The largest absolute Gasteiger partial charge is 0.341 e. The maximum absolute atomic E-state index is 12.7. The fourth-order valence-electron chi connectivity index (χ4n) is 1.13. The lowest BCUT2D eigenvalue weighted by molar-refractivity contribution is 0.629. The first kappa shape index (κ1) is 13.2. The number of halogens is 3. The van der Waals surface area contributed by atoms with E-state index in [1.807, 2.05) is 0 Å². The van der Waals surface area contributed by atoms with Crippen LogP contribution in [0, 0.1) is 5.82 Å². The fourth-order valence-corrected chi connectivity index (χ4v) is 1.13. The van der Waals surface area contributed by atoms with Gasteiger partial charge in [-0.05, 0) is 18.2 Å². The third-order valence-electron chi connectivity index (χ3n) is 1.69. The molecular weight excluding hydrogens is 228 g/mol. The van der Waals surface area contributed by atoms with Crippen LogP contribution in [-0.4, -0.2) is 9.97 Å². The van der Waals surface area contributed by atoms with E-state index in [0.29, 0.717) is 17.9 Å². The number of rotatable bonds is 1. The quantitative estimate of drug-likeness (QED) is 0.798. The number of hydrogen-bond donors (Lipinski definition) is 2. The Bertz CT molecular complexity index is 416. The van der Waals surface area contributed by atoms with Gasteiger partial charge in [-0.1, -0.05) is 0 Å². The summed E-state index contributed by atoms with van der Waals surface area (Å²) in [6, 6.07) is 4.41. The van der Waals surface area contributed by atoms with Crippen LogP contribution in [0.25, 0.3) is 11.0 Å². The van der Waals surface area contributed by atoms with Crippen LogP contribution in [0.15, 0.2) is 18.2 Å². The summed E-state index contributed by atoms with van der Waals surface area (Å²) in [5, 5.41) is 0. The molecule has 0 spiro atoms. The number of H-pyrrole nitrogens is 1. The molecule has 0 saturated heterocycles. The van der Waals surface area contributed by atoms with E-state index < -0.39 is 0 Å². The molecule has 1 aromatic carbocycles. The molecule has 0 radical (unpaired) electrons. The van der Waals surface area contributed by atoms with Gasteiger partial charge in [0.05, 0.1) is 17.6 Å². The van der Waals surface area contributed by atoms with Crippen molar-refractivity contribution >= 4 is 35.8 Å². The standard InChI is InChI=1S/C8H8FN3.2ClH/c9-5-1-2-6-7(3-5)12-8(4-10)11-6;;/h1-3H,4,10H2,(H,11,12);2*1H. The number of aromatic amines is 1. The predicted octanol–water partition coefficient (Wildman–Crippen LogP) is 2.00. The molecule has 2 rings (SSSR count). The first-order valence-corrected chi connectivity index (χ1v) is 3.64. The third kappa shape index (κ3) is 2.35. The van der Waals surface area contributed by atoms with Gasteiger partial charge in [-0.25, -0.2) is 9.37 Å². The Labute approximate surface area is 92.7 Å². The lowest BCUT2D eigenvalue weighted by Crippen LogP contribution is -1.97. The molecule has 0 fully saturated rings. The average molecular weight is 238 g/mol. The number of fused-ring (bicyclic) bond motifs is 1. The normalized spacial score (nSPS) is 9.29. The number of nitrogens with zero attached hydrogens (tertiary/aromatic N) is 1. The van der Waals surface area contributed by atoms with Crippen LogP contribution in [0.5, 0.6) is 0 Å². The molecule has 0 unspecified atom stereocenters. The van der Waals surface area contributed by atoms with Gasteiger partial charge in [-0.15, -0.1) is 24.8 Å². The van der Waals surface area contributed by atoms with Crippen LogP contribution in [0.3, 0.4) is 0 Å². The minimum atomic E-state index is -0.269. The first-order valence-electron chi connectivity index (χ1n) is 3.64. The van der Waals surface area contributed by atoms with Gasteiger partial charge in [-0.3, -0.25) is 0 Å². The van der Waals surface area contributed by atoms with Crippen molar-refractivity contribution in [2.24, 2.45) is 5.73 Å². The predicted molar refractivity (Wildman–Crippen MR) is 58.4 cm³/mol. The van der Waals surface area contributed by atoms with E-state index in [4.69, 9.17) is 5.73 Å². The van der Waals surface area contributed by atoms with E-state index >= 15 is 0 Å². The number of nitrogens with two attached hydrogens (primary N) is 1. The second-order valence-electron chi connectivity index (χ2n) is 2.55. The maximum atomic E-state index is 12.7. The van der Waals surface area contributed by atoms with Gasteiger partial charge in [0.2, 0.25) is 0 Å². The Morgan fingerprint density at radius 3 is 2.71 bits per heavy atom. The average Bonchev–Trinajstić information content (AvgIpc) is 2.46. The molecule has 14 heavy (non-hydrogen) atoms. The molecule has 1 aromatic heterocycles. The van der Waals surface area contributed by atoms with Crippen LogP contribution in [0.1, 0.15) is 5.82 Å². The van der Waals surface area contributed by atoms with E-state index in [-0.39, 0.29) is 30.6 Å². The molecule has 0 bridgehead atoms. The number of imidazole rings is 1. The highest BCUT2D eigenvalue weighted by atomic mass is 35.5. The number of nitrogens with one attached hydrogen (secondary N) is 1.